The average molecular weight is 291 g/mol. The number of carbonyl (C=O) groups excluding carboxylic acids is 2. The lowest BCUT2D eigenvalue weighted by Crippen LogP contribution is -2.15. The van der Waals surface area contributed by atoms with Gasteiger partial charge in [0.2, 0.25) is 0 Å². The van der Waals surface area contributed by atoms with Gasteiger partial charge >= 0.3 is 5.97 Å². The molecule has 2 rings (SSSR count). The number of methoxy groups -OCH3 is 1. The fraction of sp³-hybridized carbons (Fsp3) is 0.231. The van der Waals surface area contributed by atoms with Gasteiger partial charge in [0.25, 0.3) is 5.91 Å². The molecule has 0 aliphatic carbocycles. The number of aryl methyl sites for hydroxylation is 2. The number of pyridine rings is 1. The number of nitrogens with one attached hydrogen (secondary N) is 1. The Balaban J connectivity index is 2.19. The second-order valence-electron chi connectivity index (χ2n) is 4.01. The number of nitrogens with zero attached hydrogens (tertiary/aromatic N) is 2. The molecule has 2 aromatic heterocycles. The summed E-state index contributed by atoms with van der Waals surface area (Å²) in [5.41, 5.74) is 1.10. The summed E-state index contributed by atoms with van der Waals surface area (Å²) in [4.78, 5) is 32.6. The van der Waals surface area contributed by atoms with Crippen molar-refractivity contribution in [2.75, 3.05) is 12.4 Å². The number of carbonyl (C=O) groups is 2. The third-order valence-corrected chi connectivity index (χ3v) is 3.61. The number of esters is 1. The Morgan fingerprint density at radius 2 is 1.90 bits per heavy atom. The molecular formula is C13H13N3O3S. The molecule has 1 N–H and O–H groups in total. The van der Waals surface area contributed by atoms with Crippen LogP contribution in [0.2, 0.25) is 0 Å². The lowest BCUT2D eigenvalue weighted by molar-refractivity contribution is 0.0594. The number of amides is 1. The second kappa shape index (κ2) is 5.79. The first-order chi connectivity index (χ1) is 9.51. The number of ether oxygens (including phenoxy) is 1. The summed E-state index contributed by atoms with van der Waals surface area (Å²) in [7, 11) is 1.26. The molecule has 0 saturated heterocycles. The largest absolute Gasteiger partial charge is 0.464 e. The van der Waals surface area contributed by atoms with Gasteiger partial charge in [-0.05, 0) is 26.0 Å². The van der Waals surface area contributed by atoms with E-state index >= 15 is 0 Å². The summed E-state index contributed by atoms with van der Waals surface area (Å²) < 4.78 is 4.56. The molecule has 0 radical (unpaired) electrons. The molecule has 0 aliphatic heterocycles. The van der Waals surface area contributed by atoms with E-state index in [2.05, 4.69) is 20.0 Å². The van der Waals surface area contributed by atoms with Gasteiger partial charge in [0.1, 0.15) is 11.4 Å². The summed E-state index contributed by atoms with van der Waals surface area (Å²) in [5, 5.41) is 3.17. The van der Waals surface area contributed by atoms with Crippen LogP contribution in [-0.2, 0) is 4.74 Å². The fourth-order valence-corrected chi connectivity index (χ4v) is 2.28. The molecule has 0 unspecified atom stereocenters. The summed E-state index contributed by atoms with van der Waals surface area (Å²) in [6, 6.07) is 4.59. The first-order valence-electron chi connectivity index (χ1n) is 5.82. The quantitative estimate of drug-likeness (QED) is 0.877. The zero-order chi connectivity index (χ0) is 14.7. The number of hydrogen-bond acceptors (Lipinski definition) is 6. The highest BCUT2D eigenvalue weighted by atomic mass is 32.1. The Morgan fingerprint density at radius 3 is 2.50 bits per heavy atom. The minimum Gasteiger partial charge on any atom is -0.464 e. The zero-order valence-electron chi connectivity index (χ0n) is 11.3. The van der Waals surface area contributed by atoms with Gasteiger partial charge < -0.3 is 4.74 Å². The van der Waals surface area contributed by atoms with Crippen molar-refractivity contribution in [1.82, 2.24) is 9.97 Å². The molecule has 0 spiro atoms. The number of hydrogen-bond donors (Lipinski definition) is 1. The summed E-state index contributed by atoms with van der Waals surface area (Å²) in [6.45, 7) is 3.80. The highest BCUT2D eigenvalue weighted by Crippen LogP contribution is 2.21. The van der Waals surface area contributed by atoms with E-state index in [0.717, 1.165) is 10.6 Å². The van der Waals surface area contributed by atoms with E-state index < -0.39 is 11.9 Å². The topological polar surface area (TPSA) is 81.2 Å². The lowest BCUT2D eigenvalue weighted by atomic mass is 10.3. The number of rotatable bonds is 3. The molecule has 2 aromatic rings. The van der Waals surface area contributed by atoms with E-state index in [9.17, 15) is 9.59 Å². The molecule has 0 saturated carbocycles. The van der Waals surface area contributed by atoms with Crippen LogP contribution in [0.4, 0.5) is 5.13 Å². The van der Waals surface area contributed by atoms with Crippen molar-refractivity contribution in [3.8, 4) is 0 Å². The molecular weight excluding hydrogens is 278 g/mol. The normalized spacial score (nSPS) is 10.2. The molecule has 6 nitrogen and oxygen atoms in total. The SMILES string of the molecule is COC(=O)c1cccc(C(=O)Nc2nc(C)c(C)s2)n1. The van der Waals surface area contributed by atoms with Gasteiger partial charge in [-0.3, -0.25) is 10.1 Å². The Morgan fingerprint density at radius 1 is 1.20 bits per heavy atom. The van der Waals surface area contributed by atoms with Gasteiger partial charge in [-0.2, -0.15) is 0 Å². The molecule has 0 aromatic carbocycles. The third-order valence-electron chi connectivity index (χ3n) is 2.63. The predicted molar refractivity (Wildman–Crippen MR) is 75.1 cm³/mol. The van der Waals surface area contributed by atoms with Crippen LogP contribution in [0.5, 0.6) is 0 Å². The highest BCUT2D eigenvalue weighted by Gasteiger charge is 2.14. The summed E-state index contributed by atoms with van der Waals surface area (Å²) in [6.07, 6.45) is 0. The van der Waals surface area contributed by atoms with Crippen LogP contribution in [0.1, 0.15) is 31.5 Å². The van der Waals surface area contributed by atoms with Crippen molar-refractivity contribution in [1.29, 1.82) is 0 Å². The van der Waals surface area contributed by atoms with Gasteiger partial charge in [0.05, 0.1) is 12.8 Å². The van der Waals surface area contributed by atoms with Gasteiger partial charge in [0.15, 0.2) is 5.13 Å². The minimum absolute atomic E-state index is 0.0895. The molecule has 20 heavy (non-hydrogen) atoms. The Bertz CT molecular complexity index is 647. The van der Waals surface area contributed by atoms with Crippen LogP contribution in [0.3, 0.4) is 0 Å². The predicted octanol–water partition coefficient (Wildman–Crippen LogP) is 2.19. The third kappa shape index (κ3) is 3.00. The van der Waals surface area contributed by atoms with Crippen LogP contribution in [0.25, 0.3) is 0 Å². The van der Waals surface area contributed by atoms with Crippen LogP contribution in [0.15, 0.2) is 18.2 Å². The maximum Gasteiger partial charge on any atom is 0.356 e. The molecule has 104 valence electrons. The number of anilines is 1. The summed E-state index contributed by atoms with van der Waals surface area (Å²) >= 11 is 1.39. The zero-order valence-corrected chi connectivity index (χ0v) is 12.1. The lowest BCUT2D eigenvalue weighted by Gasteiger charge is -2.03. The molecule has 0 atom stereocenters. The van der Waals surface area contributed by atoms with E-state index in [1.165, 1.54) is 30.6 Å². The maximum atomic E-state index is 12.0. The Kier molecular flexibility index (Phi) is 4.09. The highest BCUT2D eigenvalue weighted by molar-refractivity contribution is 7.15. The Labute approximate surface area is 119 Å². The standard InChI is InChI=1S/C13H13N3O3S/c1-7-8(2)20-13(14-7)16-11(17)9-5-4-6-10(15-9)12(18)19-3/h4-6H,1-3H3,(H,14,16,17). The molecule has 1 amide bonds. The number of aromatic nitrogens is 2. The van der Waals surface area contributed by atoms with Crippen molar-refractivity contribution in [2.45, 2.75) is 13.8 Å². The van der Waals surface area contributed by atoms with Crippen molar-refractivity contribution >= 4 is 28.3 Å². The summed E-state index contributed by atoms with van der Waals surface area (Å²) in [5.74, 6) is -0.995. The number of thiazole rings is 1. The van der Waals surface area contributed by atoms with E-state index in [-0.39, 0.29) is 11.4 Å². The first-order valence-corrected chi connectivity index (χ1v) is 6.63. The minimum atomic E-state index is -0.583. The maximum absolute atomic E-state index is 12.0. The first kappa shape index (κ1) is 14.1. The van der Waals surface area contributed by atoms with Crippen molar-refractivity contribution in [3.05, 3.63) is 40.2 Å². The van der Waals surface area contributed by atoms with Crippen molar-refractivity contribution < 1.29 is 14.3 Å². The van der Waals surface area contributed by atoms with E-state index in [1.54, 1.807) is 6.07 Å². The molecule has 0 aliphatic rings. The second-order valence-corrected chi connectivity index (χ2v) is 5.22. The van der Waals surface area contributed by atoms with Crippen LogP contribution in [0, 0.1) is 13.8 Å². The van der Waals surface area contributed by atoms with Gasteiger partial charge in [-0.15, -0.1) is 11.3 Å². The molecule has 0 fully saturated rings. The molecule has 0 bridgehead atoms. The van der Waals surface area contributed by atoms with Gasteiger partial charge in [0, 0.05) is 4.88 Å². The van der Waals surface area contributed by atoms with Gasteiger partial charge in [-0.25, -0.2) is 14.8 Å². The smallest absolute Gasteiger partial charge is 0.356 e. The van der Waals surface area contributed by atoms with Crippen LogP contribution < -0.4 is 5.32 Å². The monoisotopic (exact) mass is 291 g/mol. The average Bonchev–Trinajstić information content (AvgIpc) is 2.76. The van der Waals surface area contributed by atoms with Crippen molar-refractivity contribution in [3.63, 3.8) is 0 Å². The van der Waals surface area contributed by atoms with Crippen LogP contribution in [-0.4, -0.2) is 29.0 Å². The van der Waals surface area contributed by atoms with Crippen molar-refractivity contribution in [2.24, 2.45) is 0 Å². The Hall–Kier alpha value is -2.28. The van der Waals surface area contributed by atoms with Crippen LogP contribution >= 0.6 is 11.3 Å². The molecule has 2 heterocycles. The molecule has 7 heteroatoms. The van der Waals surface area contributed by atoms with E-state index in [0.29, 0.717) is 5.13 Å². The van der Waals surface area contributed by atoms with Gasteiger partial charge in [-0.1, -0.05) is 6.07 Å². The fourth-order valence-electron chi connectivity index (χ4n) is 1.47. The van der Waals surface area contributed by atoms with E-state index in [4.69, 9.17) is 0 Å². The van der Waals surface area contributed by atoms with E-state index in [1.807, 2.05) is 13.8 Å².